The molecule has 110 valence electrons. The van der Waals surface area contributed by atoms with Gasteiger partial charge in [-0.3, -0.25) is 5.10 Å². The highest BCUT2D eigenvalue weighted by Gasteiger charge is 2.28. The molecule has 0 radical (unpaired) electrons. The van der Waals surface area contributed by atoms with Crippen LogP contribution in [-0.4, -0.2) is 34.5 Å². The number of aromatic nitrogens is 2. The minimum Gasteiger partial charge on any atom is -0.493 e. The quantitative estimate of drug-likeness (QED) is 0.910. The fraction of sp³-hybridized carbons (Fsp3) is 0.286. The van der Waals surface area contributed by atoms with Crippen molar-refractivity contribution in [3.8, 4) is 22.8 Å². The lowest BCUT2D eigenvalue weighted by Crippen LogP contribution is -2.05. The Hall–Kier alpha value is -2.21. The van der Waals surface area contributed by atoms with E-state index in [1.165, 1.54) is 6.07 Å². The molecule has 6 nitrogen and oxygen atoms in total. The maximum absolute atomic E-state index is 10.9. The van der Waals surface area contributed by atoms with Crippen LogP contribution in [-0.2, 0) is 6.42 Å². The van der Waals surface area contributed by atoms with Crippen molar-refractivity contribution in [3.05, 3.63) is 28.4 Å². The number of hydrogen-bond acceptors (Lipinski definition) is 4. The molecule has 0 spiro atoms. The number of methoxy groups -OCH3 is 1. The predicted molar refractivity (Wildman–Crippen MR) is 76.3 cm³/mol. The number of carboxylic acid groups (broad SMARTS) is 1. The van der Waals surface area contributed by atoms with Crippen molar-refractivity contribution in [2.45, 2.75) is 19.4 Å². The van der Waals surface area contributed by atoms with E-state index < -0.39 is 5.97 Å². The summed E-state index contributed by atoms with van der Waals surface area (Å²) >= 11 is 6.43. The second kappa shape index (κ2) is 4.96. The minimum absolute atomic E-state index is 0.00477. The van der Waals surface area contributed by atoms with Crippen LogP contribution in [0.2, 0.25) is 5.02 Å². The van der Waals surface area contributed by atoms with Gasteiger partial charge in [0.05, 0.1) is 17.8 Å². The van der Waals surface area contributed by atoms with E-state index in [0.29, 0.717) is 34.2 Å². The van der Waals surface area contributed by atoms with Gasteiger partial charge in [0.1, 0.15) is 11.8 Å². The molecule has 0 amide bonds. The summed E-state index contributed by atoms with van der Waals surface area (Å²) in [4.78, 5) is 10.9. The standard InChI is InChI=1S/C14H13ClN2O4/c1-6-3-8-12(15)7(4-11(20-2)13(8)21-6)9-5-10(14(18)19)17-16-9/h4-6H,3H2,1-2H3,(H,16,17)(H,18,19). The molecule has 3 rings (SSSR count). The maximum atomic E-state index is 10.9. The Balaban J connectivity index is 2.15. The van der Waals surface area contributed by atoms with Crippen LogP contribution in [0, 0.1) is 0 Å². The first-order valence-electron chi connectivity index (χ1n) is 6.36. The molecule has 7 heteroatoms. The lowest BCUT2D eigenvalue weighted by atomic mass is 10.0. The first-order chi connectivity index (χ1) is 10.0. The van der Waals surface area contributed by atoms with E-state index in [1.54, 1.807) is 13.2 Å². The van der Waals surface area contributed by atoms with Crippen molar-refractivity contribution in [2.75, 3.05) is 7.11 Å². The van der Waals surface area contributed by atoms with Gasteiger partial charge in [0.2, 0.25) is 0 Å². The number of rotatable bonds is 3. The second-order valence-electron chi connectivity index (χ2n) is 4.85. The van der Waals surface area contributed by atoms with Crippen LogP contribution in [0.5, 0.6) is 11.5 Å². The van der Waals surface area contributed by atoms with Crippen molar-refractivity contribution < 1.29 is 19.4 Å². The van der Waals surface area contributed by atoms with Gasteiger partial charge in [0.25, 0.3) is 0 Å². The summed E-state index contributed by atoms with van der Waals surface area (Å²) in [7, 11) is 1.55. The number of fused-ring (bicyclic) bond motifs is 1. The van der Waals surface area contributed by atoms with Gasteiger partial charge in [-0.25, -0.2) is 4.79 Å². The number of nitrogens with zero attached hydrogens (tertiary/aromatic N) is 1. The molecule has 2 N–H and O–H groups in total. The molecule has 2 aromatic rings. The van der Waals surface area contributed by atoms with Crippen LogP contribution in [0.15, 0.2) is 12.1 Å². The molecule has 0 aliphatic carbocycles. The number of carbonyl (C=O) groups is 1. The van der Waals surface area contributed by atoms with Gasteiger partial charge in [-0.05, 0) is 19.1 Å². The Morgan fingerprint density at radius 1 is 1.57 bits per heavy atom. The zero-order valence-electron chi connectivity index (χ0n) is 11.4. The first-order valence-corrected chi connectivity index (χ1v) is 6.74. The summed E-state index contributed by atoms with van der Waals surface area (Å²) in [6.07, 6.45) is 0.699. The van der Waals surface area contributed by atoms with Crippen LogP contribution in [0.25, 0.3) is 11.3 Å². The third-order valence-electron chi connectivity index (χ3n) is 3.39. The molecule has 1 aromatic carbocycles. The Morgan fingerprint density at radius 2 is 2.33 bits per heavy atom. The zero-order valence-corrected chi connectivity index (χ0v) is 12.2. The number of halogens is 1. The Kier molecular flexibility index (Phi) is 3.25. The fourth-order valence-electron chi connectivity index (χ4n) is 2.42. The number of nitrogens with one attached hydrogen (secondary N) is 1. The molecular weight excluding hydrogens is 296 g/mol. The summed E-state index contributed by atoms with van der Waals surface area (Å²) in [5, 5.41) is 15.9. The minimum atomic E-state index is -1.07. The predicted octanol–water partition coefficient (Wildman–Crippen LogP) is 2.76. The number of aromatic carboxylic acids is 1. The average Bonchev–Trinajstić information content (AvgIpc) is 3.06. The molecule has 1 unspecified atom stereocenters. The van der Waals surface area contributed by atoms with Gasteiger partial charge in [0.15, 0.2) is 11.5 Å². The third-order valence-corrected chi connectivity index (χ3v) is 3.82. The van der Waals surface area contributed by atoms with Gasteiger partial charge >= 0.3 is 5.97 Å². The van der Waals surface area contributed by atoms with E-state index in [4.69, 9.17) is 26.2 Å². The SMILES string of the molecule is COc1cc(-c2cc(C(=O)O)[nH]n2)c(Cl)c2c1OC(C)C2. The van der Waals surface area contributed by atoms with E-state index in [-0.39, 0.29) is 11.8 Å². The molecule has 1 aliphatic heterocycles. The second-order valence-corrected chi connectivity index (χ2v) is 5.23. The molecule has 21 heavy (non-hydrogen) atoms. The summed E-state index contributed by atoms with van der Waals surface area (Å²) in [5.41, 5.74) is 1.94. The Bertz CT molecular complexity index is 726. The summed E-state index contributed by atoms with van der Waals surface area (Å²) in [5.74, 6) is 0.135. The van der Waals surface area contributed by atoms with Gasteiger partial charge < -0.3 is 14.6 Å². The van der Waals surface area contributed by atoms with Gasteiger partial charge in [-0.2, -0.15) is 5.10 Å². The molecule has 0 saturated heterocycles. The highest BCUT2D eigenvalue weighted by Crippen LogP contribution is 2.46. The number of H-pyrrole nitrogens is 1. The summed E-state index contributed by atoms with van der Waals surface area (Å²) in [6, 6.07) is 3.15. The van der Waals surface area contributed by atoms with Gasteiger partial charge in [-0.15, -0.1) is 0 Å². The number of benzene rings is 1. The van der Waals surface area contributed by atoms with E-state index in [1.807, 2.05) is 6.92 Å². The van der Waals surface area contributed by atoms with Crippen molar-refractivity contribution in [1.82, 2.24) is 10.2 Å². The third kappa shape index (κ3) is 2.21. The lowest BCUT2D eigenvalue weighted by molar-refractivity contribution is 0.0690. The van der Waals surface area contributed by atoms with E-state index >= 15 is 0 Å². The zero-order chi connectivity index (χ0) is 15.1. The first kappa shape index (κ1) is 13.8. The van der Waals surface area contributed by atoms with Crippen molar-refractivity contribution >= 4 is 17.6 Å². The molecule has 0 bridgehead atoms. The number of carboxylic acids is 1. The van der Waals surface area contributed by atoms with Crippen LogP contribution >= 0.6 is 11.6 Å². The number of aromatic amines is 1. The summed E-state index contributed by atoms with van der Waals surface area (Å²) < 4.78 is 11.1. The van der Waals surface area contributed by atoms with Crippen LogP contribution in [0.1, 0.15) is 23.0 Å². The number of ether oxygens (including phenoxy) is 2. The van der Waals surface area contributed by atoms with E-state index in [9.17, 15) is 4.79 Å². The Labute approximate surface area is 125 Å². The summed E-state index contributed by atoms with van der Waals surface area (Å²) in [6.45, 7) is 1.95. The van der Waals surface area contributed by atoms with Crippen molar-refractivity contribution in [2.24, 2.45) is 0 Å². The van der Waals surface area contributed by atoms with Crippen LogP contribution in [0.4, 0.5) is 0 Å². The highest BCUT2D eigenvalue weighted by molar-refractivity contribution is 6.34. The fourth-order valence-corrected chi connectivity index (χ4v) is 2.73. The van der Waals surface area contributed by atoms with Gasteiger partial charge in [-0.1, -0.05) is 11.6 Å². The average molecular weight is 309 g/mol. The van der Waals surface area contributed by atoms with E-state index in [0.717, 1.165) is 5.56 Å². The molecule has 1 atom stereocenters. The normalized spacial score (nSPS) is 16.4. The maximum Gasteiger partial charge on any atom is 0.353 e. The molecule has 0 saturated carbocycles. The van der Waals surface area contributed by atoms with Crippen LogP contribution < -0.4 is 9.47 Å². The topological polar surface area (TPSA) is 84.4 Å². The molecule has 2 heterocycles. The molecule has 1 aliphatic rings. The molecule has 1 aromatic heterocycles. The van der Waals surface area contributed by atoms with Crippen LogP contribution in [0.3, 0.4) is 0 Å². The van der Waals surface area contributed by atoms with Gasteiger partial charge in [0, 0.05) is 17.5 Å². The molecular formula is C14H13ClN2O4. The number of hydrogen-bond donors (Lipinski definition) is 2. The highest BCUT2D eigenvalue weighted by atomic mass is 35.5. The Morgan fingerprint density at radius 3 is 2.95 bits per heavy atom. The smallest absolute Gasteiger partial charge is 0.353 e. The van der Waals surface area contributed by atoms with Crippen molar-refractivity contribution in [1.29, 1.82) is 0 Å². The lowest BCUT2D eigenvalue weighted by Gasteiger charge is -2.11. The van der Waals surface area contributed by atoms with E-state index in [2.05, 4.69) is 10.2 Å². The monoisotopic (exact) mass is 308 g/mol. The molecule has 0 fully saturated rings. The largest absolute Gasteiger partial charge is 0.493 e. The van der Waals surface area contributed by atoms with Crippen molar-refractivity contribution in [3.63, 3.8) is 0 Å².